The molecule has 0 saturated heterocycles. The minimum absolute atomic E-state index is 0.0946. The van der Waals surface area contributed by atoms with E-state index in [1.807, 2.05) is 26.8 Å². The first-order chi connectivity index (χ1) is 18.9. The van der Waals surface area contributed by atoms with E-state index in [-0.39, 0.29) is 23.8 Å². The lowest BCUT2D eigenvalue weighted by molar-refractivity contribution is -0.147. The Morgan fingerprint density at radius 3 is 2.42 bits per heavy atom. The predicted molar refractivity (Wildman–Crippen MR) is 159 cm³/mol. The van der Waals surface area contributed by atoms with Gasteiger partial charge in [-0.15, -0.1) is 0 Å². The fraction of sp³-hybridized carbons (Fsp3) is 0.545. The minimum atomic E-state index is -0.780. The standard InChI is InChI=1S/C33H46N4O3/c1-8-22-13-14-23-18-28(31(39)35-27-16-20(2)15-24-11-9-10-12-26(24)27)37(19-25(23)17-22)32(40)29(33(4,5)6)36-30(38)21(3)34-7/h9-14,17,20-21,27-29,34H,8,15-16,18-19H2,1-7H3,(H,35,39)(H,36,38)/t20?,21-,27+,28-,29+/m0/s1. The molecule has 0 bridgehead atoms. The van der Waals surface area contributed by atoms with E-state index in [9.17, 15) is 14.4 Å². The molecule has 7 nitrogen and oxygen atoms in total. The monoisotopic (exact) mass is 546 g/mol. The summed E-state index contributed by atoms with van der Waals surface area (Å²) in [6.45, 7) is 12.3. The molecule has 7 heteroatoms. The van der Waals surface area contributed by atoms with Crippen molar-refractivity contribution in [3.05, 3.63) is 70.3 Å². The van der Waals surface area contributed by atoms with Crippen LogP contribution in [0.1, 0.15) is 81.8 Å². The highest BCUT2D eigenvalue weighted by Gasteiger charge is 2.43. The third-order valence-corrected chi connectivity index (χ3v) is 8.57. The van der Waals surface area contributed by atoms with Gasteiger partial charge in [0.25, 0.3) is 0 Å². The summed E-state index contributed by atoms with van der Waals surface area (Å²) in [4.78, 5) is 43.0. The molecule has 2 aliphatic rings. The molecule has 1 heterocycles. The van der Waals surface area contributed by atoms with E-state index >= 15 is 0 Å². The van der Waals surface area contributed by atoms with Gasteiger partial charge in [-0.25, -0.2) is 0 Å². The van der Waals surface area contributed by atoms with E-state index < -0.39 is 23.5 Å². The lowest BCUT2D eigenvalue weighted by Gasteiger charge is -2.42. The van der Waals surface area contributed by atoms with E-state index in [1.54, 1.807) is 18.9 Å². The molecule has 5 atom stereocenters. The van der Waals surface area contributed by atoms with Crippen LogP contribution in [0.3, 0.4) is 0 Å². The first-order valence-electron chi connectivity index (χ1n) is 14.7. The Morgan fingerprint density at radius 1 is 1.02 bits per heavy atom. The number of hydrogen-bond acceptors (Lipinski definition) is 4. The van der Waals surface area contributed by atoms with Crippen molar-refractivity contribution in [3.63, 3.8) is 0 Å². The van der Waals surface area contributed by atoms with E-state index in [2.05, 4.69) is 66.2 Å². The first kappa shape index (κ1) is 29.8. The maximum absolute atomic E-state index is 14.3. The van der Waals surface area contributed by atoms with E-state index in [0.29, 0.717) is 18.9 Å². The maximum Gasteiger partial charge on any atom is 0.246 e. The van der Waals surface area contributed by atoms with Crippen molar-refractivity contribution >= 4 is 17.7 Å². The highest BCUT2D eigenvalue weighted by molar-refractivity contribution is 5.94. The van der Waals surface area contributed by atoms with Gasteiger partial charge in [-0.05, 0) is 72.4 Å². The molecule has 0 saturated carbocycles. The molecular formula is C33H46N4O3. The van der Waals surface area contributed by atoms with E-state index in [0.717, 1.165) is 36.0 Å². The second kappa shape index (κ2) is 12.1. The van der Waals surface area contributed by atoms with E-state index in [4.69, 9.17) is 0 Å². The summed E-state index contributed by atoms with van der Waals surface area (Å²) in [7, 11) is 1.72. The van der Waals surface area contributed by atoms with Crippen LogP contribution in [-0.4, -0.2) is 47.8 Å². The number of fused-ring (bicyclic) bond motifs is 2. The summed E-state index contributed by atoms with van der Waals surface area (Å²) in [6, 6.07) is 12.7. The van der Waals surface area contributed by atoms with Crippen LogP contribution in [0.25, 0.3) is 0 Å². The molecule has 2 aromatic rings. The van der Waals surface area contributed by atoms with E-state index in [1.165, 1.54) is 11.1 Å². The van der Waals surface area contributed by atoms with Gasteiger partial charge < -0.3 is 20.9 Å². The average Bonchev–Trinajstić information content (AvgIpc) is 2.93. The highest BCUT2D eigenvalue weighted by atomic mass is 16.2. The highest BCUT2D eigenvalue weighted by Crippen LogP contribution is 2.34. The number of carbonyl (C=O) groups is 3. The number of hydrogen-bond donors (Lipinski definition) is 3. The third-order valence-electron chi connectivity index (χ3n) is 8.57. The normalized spacial score (nSPS) is 22.0. The molecule has 216 valence electrons. The Kier molecular flexibility index (Phi) is 9.03. The fourth-order valence-electron chi connectivity index (χ4n) is 5.99. The molecule has 0 radical (unpaired) electrons. The molecule has 1 aliphatic carbocycles. The van der Waals surface area contributed by atoms with Crippen LogP contribution in [-0.2, 0) is 40.2 Å². The molecule has 1 unspecified atom stereocenters. The van der Waals surface area contributed by atoms with Crippen molar-refractivity contribution in [2.24, 2.45) is 11.3 Å². The predicted octanol–water partition coefficient (Wildman–Crippen LogP) is 4.08. The number of nitrogens with one attached hydrogen (secondary N) is 3. The zero-order chi connectivity index (χ0) is 29.2. The smallest absolute Gasteiger partial charge is 0.246 e. The Balaban J connectivity index is 1.67. The number of nitrogens with zero attached hydrogens (tertiary/aromatic N) is 1. The molecule has 1 aliphatic heterocycles. The zero-order valence-corrected chi connectivity index (χ0v) is 25.1. The molecule has 40 heavy (non-hydrogen) atoms. The van der Waals surface area contributed by atoms with Gasteiger partial charge in [-0.2, -0.15) is 0 Å². The van der Waals surface area contributed by atoms with Crippen LogP contribution in [0.5, 0.6) is 0 Å². The number of carbonyl (C=O) groups excluding carboxylic acids is 3. The average molecular weight is 547 g/mol. The van der Waals surface area contributed by atoms with Gasteiger partial charge in [-0.1, -0.05) is 77.1 Å². The van der Waals surface area contributed by atoms with Gasteiger partial charge in [0.05, 0.1) is 12.1 Å². The van der Waals surface area contributed by atoms with Gasteiger partial charge in [0.1, 0.15) is 12.1 Å². The van der Waals surface area contributed by atoms with Gasteiger partial charge in [0, 0.05) is 13.0 Å². The summed E-state index contributed by atoms with van der Waals surface area (Å²) in [5.41, 5.74) is 5.25. The number of amides is 3. The third kappa shape index (κ3) is 6.41. The lowest BCUT2D eigenvalue weighted by Crippen LogP contribution is -2.62. The van der Waals surface area contributed by atoms with Gasteiger partial charge in [0.15, 0.2) is 0 Å². The fourth-order valence-corrected chi connectivity index (χ4v) is 5.99. The topological polar surface area (TPSA) is 90.5 Å². The van der Waals surface area contributed by atoms with Crippen molar-refractivity contribution in [1.29, 1.82) is 0 Å². The van der Waals surface area contributed by atoms with Crippen LogP contribution in [0.2, 0.25) is 0 Å². The Hall–Kier alpha value is -3.19. The Bertz CT molecular complexity index is 1250. The van der Waals surface area contributed by atoms with Crippen molar-refractivity contribution in [1.82, 2.24) is 20.9 Å². The molecule has 0 fully saturated rings. The van der Waals surface area contributed by atoms with Crippen molar-refractivity contribution < 1.29 is 14.4 Å². The van der Waals surface area contributed by atoms with Crippen LogP contribution in [0.15, 0.2) is 42.5 Å². The Morgan fingerprint density at radius 2 is 1.75 bits per heavy atom. The molecule has 0 spiro atoms. The number of likely N-dealkylation sites (N-methyl/N-ethyl adjacent to an activating group) is 1. The van der Waals surface area contributed by atoms with Crippen LogP contribution in [0.4, 0.5) is 0 Å². The summed E-state index contributed by atoms with van der Waals surface area (Å²) in [5, 5.41) is 9.26. The second-order valence-corrected chi connectivity index (χ2v) is 12.8. The second-order valence-electron chi connectivity index (χ2n) is 12.8. The molecule has 0 aromatic heterocycles. The SMILES string of the molecule is CCc1ccc2c(c1)CN(C(=O)[C@@H](NC(=O)[C@H](C)NC)C(C)(C)C)[C@H](C(=O)N[C@@H]1CC(C)Cc3ccccc31)C2. The summed E-state index contributed by atoms with van der Waals surface area (Å²) in [5.74, 6) is -0.160. The molecule has 4 rings (SSSR count). The summed E-state index contributed by atoms with van der Waals surface area (Å²) >= 11 is 0. The number of aryl methyl sites for hydroxylation is 1. The summed E-state index contributed by atoms with van der Waals surface area (Å²) in [6.07, 6.45) is 3.20. The van der Waals surface area contributed by atoms with Crippen LogP contribution >= 0.6 is 0 Å². The van der Waals surface area contributed by atoms with Crippen LogP contribution in [0, 0.1) is 11.3 Å². The van der Waals surface area contributed by atoms with Gasteiger partial charge >= 0.3 is 0 Å². The van der Waals surface area contributed by atoms with Gasteiger partial charge in [-0.3, -0.25) is 14.4 Å². The van der Waals surface area contributed by atoms with Crippen molar-refractivity contribution in [2.75, 3.05) is 7.05 Å². The van der Waals surface area contributed by atoms with Crippen molar-refractivity contribution in [2.45, 2.75) is 97.9 Å². The van der Waals surface area contributed by atoms with Crippen molar-refractivity contribution in [3.8, 4) is 0 Å². The molecule has 2 aromatic carbocycles. The Labute approximate surface area is 239 Å². The largest absolute Gasteiger partial charge is 0.347 e. The number of rotatable bonds is 7. The molecule has 3 N–H and O–H groups in total. The van der Waals surface area contributed by atoms with Crippen LogP contribution < -0.4 is 16.0 Å². The minimum Gasteiger partial charge on any atom is -0.347 e. The number of benzene rings is 2. The zero-order valence-electron chi connectivity index (χ0n) is 25.1. The quantitative estimate of drug-likeness (QED) is 0.488. The first-order valence-corrected chi connectivity index (χ1v) is 14.7. The maximum atomic E-state index is 14.3. The molecular weight excluding hydrogens is 500 g/mol. The molecule has 3 amide bonds. The summed E-state index contributed by atoms with van der Waals surface area (Å²) < 4.78 is 0. The van der Waals surface area contributed by atoms with Gasteiger partial charge in [0.2, 0.25) is 17.7 Å². The lowest BCUT2D eigenvalue weighted by atomic mass is 9.81.